The van der Waals surface area contributed by atoms with Crippen LogP contribution in [0.4, 0.5) is 23.8 Å². The number of aromatic nitrogens is 5. The van der Waals surface area contributed by atoms with Crippen molar-refractivity contribution in [2.75, 3.05) is 32.2 Å². The molecule has 15 heteroatoms. The predicted octanol–water partition coefficient (Wildman–Crippen LogP) is 2.61. The van der Waals surface area contributed by atoms with E-state index in [0.29, 0.717) is 23.5 Å². The first-order valence-electron chi connectivity index (χ1n) is 11.5. The maximum Gasteiger partial charge on any atom is 0.422 e. The smallest absolute Gasteiger partial charge is 0.422 e. The molecule has 4 rings (SSSR count). The third-order valence-electron chi connectivity index (χ3n) is 5.79. The molecule has 1 aromatic carbocycles. The normalized spacial score (nSPS) is 14.0. The lowest BCUT2D eigenvalue weighted by Gasteiger charge is -2.29. The highest BCUT2D eigenvalue weighted by atomic mass is 19.4. The lowest BCUT2D eigenvalue weighted by molar-refractivity contribution is -0.162. The van der Waals surface area contributed by atoms with Gasteiger partial charge in [-0.1, -0.05) is 6.07 Å². The number of fused-ring (bicyclic) bond motifs is 1. The number of methoxy groups -OCH3 is 1. The third-order valence-corrected chi connectivity index (χ3v) is 5.79. The van der Waals surface area contributed by atoms with Crippen molar-refractivity contribution < 1.29 is 37.3 Å². The minimum absolute atomic E-state index is 0.0320. The van der Waals surface area contributed by atoms with Crippen LogP contribution in [0.2, 0.25) is 0 Å². The Morgan fingerprint density at radius 3 is 2.74 bits per heavy atom. The molecule has 0 spiro atoms. The zero-order valence-corrected chi connectivity index (χ0v) is 20.4. The first-order valence-corrected chi connectivity index (χ1v) is 11.5. The number of amides is 2. The van der Waals surface area contributed by atoms with Crippen molar-refractivity contribution in [1.29, 1.82) is 0 Å². The molecule has 0 bridgehead atoms. The monoisotopic (exact) mass is 535 g/mol. The zero-order valence-electron chi connectivity index (χ0n) is 20.4. The number of rotatable bonds is 7. The Morgan fingerprint density at radius 2 is 2.03 bits per heavy atom. The van der Waals surface area contributed by atoms with Crippen LogP contribution in [-0.4, -0.2) is 80.2 Å². The van der Waals surface area contributed by atoms with E-state index in [1.54, 1.807) is 31.2 Å². The highest BCUT2D eigenvalue weighted by molar-refractivity contribution is 6.06. The molecule has 2 amide bonds. The van der Waals surface area contributed by atoms with Crippen molar-refractivity contribution in [3.8, 4) is 17.3 Å². The fraction of sp³-hybridized carbons (Fsp3) is 0.391. The molecular weight excluding hydrogens is 511 g/mol. The van der Waals surface area contributed by atoms with E-state index in [9.17, 15) is 27.9 Å². The molecule has 12 nitrogen and oxygen atoms in total. The maximum absolute atomic E-state index is 13.2. The average Bonchev–Trinajstić information content (AvgIpc) is 3.40. The van der Waals surface area contributed by atoms with Gasteiger partial charge in [-0.05, 0) is 59.2 Å². The highest BCUT2D eigenvalue weighted by Gasteiger charge is 2.32. The van der Waals surface area contributed by atoms with E-state index in [4.69, 9.17) is 4.74 Å². The summed E-state index contributed by atoms with van der Waals surface area (Å²) >= 11 is 0. The molecule has 2 aromatic heterocycles. The lowest BCUT2D eigenvalue weighted by Crippen LogP contribution is -2.38. The van der Waals surface area contributed by atoms with E-state index in [1.807, 2.05) is 0 Å². The number of aliphatic hydroxyl groups excluding tert-OH is 1. The van der Waals surface area contributed by atoms with Crippen molar-refractivity contribution in [2.24, 2.45) is 0 Å². The molecule has 0 unspecified atom stereocenters. The quantitative estimate of drug-likeness (QED) is 0.466. The van der Waals surface area contributed by atoms with Crippen molar-refractivity contribution in [2.45, 2.75) is 32.1 Å². The highest BCUT2D eigenvalue weighted by Crippen LogP contribution is 2.29. The largest absolute Gasteiger partial charge is 0.496 e. The number of halogens is 3. The SMILES string of the molecule is COc1cc2c(cc1C(=O)Nc1cccc(-c3nnnn3[C@H](C)CO)n1)CN(C(=O)OCC(F)(F)F)CC2. The van der Waals surface area contributed by atoms with Gasteiger partial charge in [0.25, 0.3) is 5.91 Å². The summed E-state index contributed by atoms with van der Waals surface area (Å²) in [4.78, 5) is 30.8. The van der Waals surface area contributed by atoms with Crippen molar-refractivity contribution in [3.05, 3.63) is 47.0 Å². The van der Waals surface area contributed by atoms with Gasteiger partial charge in [-0.3, -0.25) is 4.79 Å². The van der Waals surface area contributed by atoms with Crippen LogP contribution in [0, 0.1) is 0 Å². The van der Waals surface area contributed by atoms with E-state index < -0.39 is 30.8 Å². The van der Waals surface area contributed by atoms with E-state index in [1.165, 1.54) is 17.9 Å². The summed E-state index contributed by atoms with van der Waals surface area (Å²) in [7, 11) is 1.41. The molecule has 38 heavy (non-hydrogen) atoms. The number of aliphatic hydroxyl groups is 1. The third kappa shape index (κ3) is 5.99. The van der Waals surface area contributed by atoms with Crippen LogP contribution in [0.3, 0.4) is 0 Å². The summed E-state index contributed by atoms with van der Waals surface area (Å²) in [5, 5.41) is 23.6. The molecule has 202 valence electrons. The summed E-state index contributed by atoms with van der Waals surface area (Å²) in [5.74, 6) is 0.211. The molecule has 3 aromatic rings. The van der Waals surface area contributed by atoms with Gasteiger partial charge in [0.15, 0.2) is 6.61 Å². The Balaban J connectivity index is 1.54. The van der Waals surface area contributed by atoms with E-state index in [-0.39, 0.29) is 36.8 Å². The van der Waals surface area contributed by atoms with E-state index in [2.05, 4.69) is 30.6 Å². The molecule has 2 N–H and O–H groups in total. The van der Waals surface area contributed by atoms with Crippen LogP contribution in [0.15, 0.2) is 30.3 Å². The minimum atomic E-state index is -4.63. The van der Waals surface area contributed by atoms with Crippen LogP contribution in [0.1, 0.15) is 34.5 Å². The van der Waals surface area contributed by atoms with Crippen LogP contribution in [0.25, 0.3) is 11.5 Å². The molecule has 0 saturated carbocycles. The molecule has 0 radical (unpaired) electrons. The molecule has 1 aliphatic rings. The number of nitrogens with zero attached hydrogens (tertiary/aromatic N) is 6. The number of nitrogens with one attached hydrogen (secondary N) is 1. The maximum atomic E-state index is 13.2. The number of benzene rings is 1. The minimum Gasteiger partial charge on any atom is -0.496 e. The second kappa shape index (κ2) is 11.0. The molecule has 0 aliphatic carbocycles. The number of carbonyl (C=O) groups excluding carboxylic acids is 2. The first kappa shape index (κ1) is 26.8. The Morgan fingerprint density at radius 1 is 1.24 bits per heavy atom. The molecule has 3 heterocycles. The molecule has 1 aliphatic heterocycles. The van der Waals surface area contributed by atoms with Gasteiger partial charge in [0.1, 0.15) is 17.3 Å². The zero-order chi connectivity index (χ0) is 27.4. The van der Waals surface area contributed by atoms with Gasteiger partial charge >= 0.3 is 12.3 Å². The van der Waals surface area contributed by atoms with E-state index in [0.717, 1.165) is 10.5 Å². The van der Waals surface area contributed by atoms with Gasteiger partial charge in [-0.25, -0.2) is 14.5 Å². The number of hydrogen-bond acceptors (Lipinski definition) is 9. The fourth-order valence-electron chi connectivity index (χ4n) is 3.87. The van der Waals surface area contributed by atoms with Crippen molar-refractivity contribution >= 4 is 17.8 Å². The number of hydrogen-bond donors (Lipinski definition) is 2. The van der Waals surface area contributed by atoms with Crippen LogP contribution in [-0.2, 0) is 17.7 Å². The van der Waals surface area contributed by atoms with Crippen molar-refractivity contribution in [3.63, 3.8) is 0 Å². The van der Waals surface area contributed by atoms with E-state index >= 15 is 0 Å². The molecular formula is C23H24F3N7O5. The van der Waals surface area contributed by atoms with Crippen LogP contribution in [0.5, 0.6) is 5.75 Å². The summed E-state index contributed by atoms with van der Waals surface area (Å²) in [6, 6.07) is 7.65. The summed E-state index contributed by atoms with van der Waals surface area (Å²) in [6.45, 7) is -0.0168. The van der Waals surface area contributed by atoms with Gasteiger partial charge in [0, 0.05) is 13.1 Å². The average molecular weight is 535 g/mol. The van der Waals surface area contributed by atoms with Gasteiger partial charge in [0.2, 0.25) is 5.82 Å². The molecule has 1 atom stereocenters. The second-order valence-corrected chi connectivity index (χ2v) is 8.50. The number of alkyl halides is 3. The van der Waals surface area contributed by atoms with Gasteiger partial charge < -0.3 is 24.8 Å². The van der Waals surface area contributed by atoms with Gasteiger partial charge in [0.05, 0.1) is 25.3 Å². The number of ether oxygens (including phenoxy) is 2. The number of carbonyl (C=O) groups is 2. The fourth-order valence-corrected chi connectivity index (χ4v) is 3.87. The lowest BCUT2D eigenvalue weighted by atomic mass is 9.96. The topological polar surface area (TPSA) is 145 Å². The second-order valence-electron chi connectivity index (χ2n) is 8.50. The predicted molar refractivity (Wildman–Crippen MR) is 125 cm³/mol. The summed E-state index contributed by atoms with van der Waals surface area (Å²) in [6.07, 6.45) is -5.37. The Labute approximate surface area is 214 Å². The van der Waals surface area contributed by atoms with Crippen LogP contribution >= 0.6 is 0 Å². The molecule has 0 fully saturated rings. The number of anilines is 1. The number of tetrazole rings is 1. The Hall–Kier alpha value is -4.27. The summed E-state index contributed by atoms with van der Waals surface area (Å²) < 4.78 is 48.4. The number of pyridine rings is 1. The van der Waals surface area contributed by atoms with Gasteiger partial charge in [-0.15, -0.1) is 5.10 Å². The first-order chi connectivity index (χ1) is 18.1. The van der Waals surface area contributed by atoms with Crippen molar-refractivity contribution in [1.82, 2.24) is 30.1 Å². The van der Waals surface area contributed by atoms with Gasteiger partial charge in [-0.2, -0.15) is 13.2 Å². The standard InChI is InChI=1S/C23H24F3N7O5/c1-13(11-34)33-20(29-30-31-33)17-4-3-5-19(27-17)28-21(35)16-8-15-10-32(22(36)38-12-23(24,25)26)7-6-14(15)9-18(16)37-2/h3-5,8-9,13,34H,6-7,10-12H2,1-2H3,(H,27,28,35)/t13-/m1/s1. The Bertz CT molecular complexity index is 1330. The Kier molecular flexibility index (Phi) is 7.75. The summed E-state index contributed by atoms with van der Waals surface area (Å²) in [5.41, 5.74) is 1.87. The van der Waals surface area contributed by atoms with Crippen LogP contribution < -0.4 is 10.1 Å². The molecule has 0 saturated heterocycles.